The number of anilines is 1. The van der Waals surface area contributed by atoms with Gasteiger partial charge in [0.15, 0.2) is 0 Å². The topological polar surface area (TPSA) is 89.0 Å². The molecule has 146 valence electrons. The van der Waals surface area contributed by atoms with E-state index in [1.807, 2.05) is 60.7 Å². The summed E-state index contributed by atoms with van der Waals surface area (Å²) < 4.78 is 5.82. The largest absolute Gasteiger partial charge is 0.491 e. The number of carbonyl (C=O) groups excluding carboxylic acids is 1. The molecule has 0 spiro atoms. The fraction of sp³-hybridized carbons (Fsp3) is 0.143. The van der Waals surface area contributed by atoms with Crippen molar-refractivity contribution in [3.63, 3.8) is 0 Å². The van der Waals surface area contributed by atoms with Gasteiger partial charge in [0.2, 0.25) is 5.13 Å². The quantitative estimate of drug-likeness (QED) is 0.446. The third kappa shape index (κ3) is 4.85. The summed E-state index contributed by atoms with van der Waals surface area (Å²) in [5.41, 5.74) is 1.81. The van der Waals surface area contributed by atoms with Crippen LogP contribution >= 0.6 is 11.3 Å². The molecule has 7 nitrogen and oxygen atoms in total. The van der Waals surface area contributed by atoms with Gasteiger partial charge in [0.05, 0.1) is 6.61 Å². The minimum absolute atomic E-state index is 0.312. The molecule has 2 aromatic carbocycles. The van der Waals surface area contributed by atoms with Crippen LogP contribution in [0.3, 0.4) is 0 Å². The molecule has 0 saturated carbocycles. The Morgan fingerprint density at radius 1 is 1.00 bits per heavy atom. The van der Waals surface area contributed by atoms with E-state index in [1.54, 1.807) is 6.20 Å². The van der Waals surface area contributed by atoms with Crippen LogP contribution in [0.15, 0.2) is 66.9 Å². The van der Waals surface area contributed by atoms with Crippen LogP contribution in [-0.2, 0) is 0 Å². The number of para-hydroxylation sites is 1. The molecular formula is C21H19N5O2S. The highest BCUT2D eigenvalue weighted by Gasteiger charge is 2.09. The normalized spacial score (nSPS) is 10.6. The first-order valence-corrected chi connectivity index (χ1v) is 10.0. The summed E-state index contributed by atoms with van der Waals surface area (Å²) in [5.74, 6) is 0.745. The lowest BCUT2D eigenvalue weighted by Crippen LogP contribution is -2.30. The third-order valence-corrected chi connectivity index (χ3v) is 5.01. The minimum Gasteiger partial charge on any atom is -0.491 e. The Hall–Kier alpha value is -3.52. The molecule has 8 heteroatoms. The SMILES string of the molecule is O=C(NCCCOc1cccc2cccnc12)Nc1nnc(-c2ccccc2)s1. The van der Waals surface area contributed by atoms with Crippen molar-refractivity contribution in [1.82, 2.24) is 20.5 Å². The zero-order valence-corrected chi connectivity index (χ0v) is 16.4. The second-order valence-corrected chi connectivity index (χ2v) is 7.17. The van der Waals surface area contributed by atoms with Gasteiger partial charge in [-0.1, -0.05) is 59.9 Å². The van der Waals surface area contributed by atoms with Crippen molar-refractivity contribution in [1.29, 1.82) is 0 Å². The Balaban J connectivity index is 1.21. The Bertz CT molecular complexity index is 1100. The lowest BCUT2D eigenvalue weighted by atomic mass is 10.2. The van der Waals surface area contributed by atoms with E-state index in [-0.39, 0.29) is 6.03 Å². The number of amides is 2. The molecule has 4 rings (SSSR count). The summed E-state index contributed by atoms with van der Waals surface area (Å²) in [7, 11) is 0. The van der Waals surface area contributed by atoms with Crippen LogP contribution in [-0.4, -0.2) is 34.4 Å². The zero-order chi connectivity index (χ0) is 19.9. The second-order valence-electron chi connectivity index (χ2n) is 6.19. The van der Waals surface area contributed by atoms with Crippen molar-refractivity contribution in [2.45, 2.75) is 6.42 Å². The van der Waals surface area contributed by atoms with E-state index >= 15 is 0 Å². The number of ether oxygens (including phenoxy) is 1. The molecule has 0 unspecified atom stereocenters. The number of fused-ring (bicyclic) bond motifs is 1. The molecule has 0 aliphatic carbocycles. The number of hydrogen-bond acceptors (Lipinski definition) is 6. The summed E-state index contributed by atoms with van der Waals surface area (Å²) >= 11 is 1.33. The summed E-state index contributed by atoms with van der Waals surface area (Å²) in [4.78, 5) is 16.4. The summed E-state index contributed by atoms with van der Waals surface area (Å²) in [5, 5.41) is 15.9. The average Bonchev–Trinajstić information content (AvgIpc) is 3.22. The van der Waals surface area contributed by atoms with Gasteiger partial charge in [-0.2, -0.15) is 0 Å². The minimum atomic E-state index is -0.312. The molecular weight excluding hydrogens is 386 g/mol. The monoisotopic (exact) mass is 405 g/mol. The number of nitrogens with zero attached hydrogens (tertiary/aromatic N) is 3. The fourth-order valence-electron chi connectivity index (χ4n) is 2.76. The average molecular weight is 405 g/mol. The zero-order valence-electron chi connectivity index (χ0n) is 15.5. The molecule has 4 aromatic rings. The van der Waals surface area contributed by atoms with Gasteiger partial charge in [0.25, 0.3) is 0 Å². The third-order valence-electron chi connectivity index (χ3n) is 4.13. The van der Waals surface area contributed by atoms with Gasteiger partial charge >= 0.3 is 6.03 Å². The van der Waals surface area contributed by atoms with Gasteiger partial charge in [-0.25, -0.2) is 4.79 Å². The lowest BCUT2D eigenvalue weighted by Gasteiger charge is -2.09. The molecule has 2 amide bonds. The highest BCUT2D eigenvalue weighted by Crippen LogP contribution is 2.26. The fourth-order valence-corrected chi connectivity index (χ4v) is 3.51. The Morgan fingerprint density at radius 3 is 2.76 bits per heavy atom. The first kappa shape index (κ1) is 18.8. The molecule has 0 aliphatic heterocycles. The van der Waals surface area contributed by atoms with E-state index in [0.717, 1.165) is 27.2 Å². The van der Waals surface area contributed by atoms with Crippen LogP contribution < -0.4 is 15.4 Å². The van der Waals surface area contributed by atoms with E-state index < -0.39 is 0 Å². The van der Waals surface area contributed by atoms with Gasteiger partial charge in [-0.3, -0.25) is 10.3 Å². The molecule has 2 N–H and O–H groups in total. The predicted octanol–water partition coefficient (Wildman–Crippen LogP) is 4.34. The van der Waals surface area contributed by atoms with Crippen LogP contribution in [0.5, 0.6) is 5.75 Å². The molecule has 0 atom stereocenters. The van der Waals surface area contributed by atoms with Crippen molar-refractivity contribution < 1.29 is 9.53 Å². The van der Waals surface area contributed by atoms with Crippen LogP contribution in [0.4, 0.5) is 9.93 Å². The highest BCUT2D eigenvalue weighted by molar-refractivity contribution is 7.18. The standard InChI is InChI=1S/C21H19N5O2S/c27-20(24-21-26-25-19(29-21)16-7-2-1-3-8-16)23-13-6-14-28-17-11-4-9-15-10-5-12-22-18(15)17/h1-5,7-12H,6,13-14H2,(H2,23,24,26,27). The van der Waals surface area contributed by atoms with E-state index in [9.17, 15) is 4.79 Å². The number of hydrogen-bond donors (Lipinski definition) is 2. The lowest BCUT2D eigenvalue weighted by molar-refractivity contribution is 0.250. The van der Waals surface area contributed by atoms with Gasteiger partial charge in [0.1, 0.15) is 16.3 Å². The highest BCUT2D eigenvalue weighted by atomic mass is 32.1. The number of carbonyl (C=O) groups is 1. The van der Waals surface area contributed by atoms with Crippen LogP contribution in [0, 0.1) is 0 Å². The summed E-state index contributed by atoms with van der Waals surface area (Å²) in [6, 6.07) is 19.1. The molecule has 29 heavy (non-hydrogen) atoms. The van der Waals surface area contributed by atoms with Gasteiger partial charge in [0, 0.05) is 23.7 Å². The number of urea groups is 1. The number of nitrogens with one attached hydrogen (secondary N) is 2. The second kappa shape index (κ2) is 9.11. The molecule has 0 aliphatic rings. The summed E-state index contributed by atoms with van der Waals surface area (Å²) in [6.45, 7) is 0.960. The van der Waals surface area contributed by atoms with Crippen LogP contribution in [0.25, 0.3) is 21.5 Å². The summed E-state index contributed by atoms with van der Waals surface area (Å²) in [6.07, 6.45) is 2.42. The maximum absolute atomic E-state index is 12.0. The Labute approximate surface area is 171 Å². The van der Waals surface area contributed by atoms with Gasteiger partial charge < -0.3 is 10.1 Å². The Kier molecular flexibility index (Phi) is 5.92. The number of benzene rings is 2. The van der Waals surface area contributed by atoms with E-state index in [1.165, 1.54) is 11.3 Å². The molecule has 0 saturated heterocycles. The Morgan fingerprint density at radius 2 is 1.86 bits per heavy atom. The van der Waals surface area contributed by atoms with Gasteiger partial charge in [-0.15, -0.1) is 10.2 Å². The number of pyridine rings is 1. The number of rotatable bonds is 7. The molecule has 0 bridgehead atoms. The van der Waals surface area contributed by atoms with E-state index in [0.29, 0.717) is 24.7 Å². The van der Waals surface area contributed by atoms with Crippen molar-refractivity contribution in [2.75, 3.05) is 18.5 Å². The predicted molar refractivity (Wildman–Crippen MR) is 114 cm³/mol. The molecule has 2 aromatic heterocycles. The van der Waals surface area contributed by atoms with Crippen molar-refractivity contribution in [3.05, 3.63) is 66.9 Å². The van der Waals surface area contributed by atoms with E-state index in [4.69, 9.17) is 4.74 Å². The van der Waals surface area contributed by atoms with Crippen molar-refractivity contribution in [3.8, 4) is 16.3 Å². The molecule has 0 fully saturated rings. The first-order chi connectivity index (χ1) is 14.3. The first-order valence-electron chi connectivity index (χ1n) is 9.20. The van der Waals surface area contributed by atoms with E-state index in [2.05, 4.69) is 25.8 Å². The molecule has 0 radical (unpaired) electrons. The molecule has 2 heterocycles. The maximum atomic E-state index is 12.0. The van der Waals surface area contributed by atoms with Gasteiger partial charge in [-0.05, 0) is 18.6 Å². The van der Waals surface area contributed by atoms with Crippen molar-refractivity contribution >= 4 is 33.4 Å². The number of aromatic nitrogens is 3. The van der Waals surface area contributed by atoms with Crippen LogP contribution in [0.1, 0.15) is 6.42 Å². The smallest absolute Gasteiger partial charge is 0.321 e. The van der Waals surface area contributed by atoms with Crippen molar-refractivity contribution in [2.24, 2.45) is 0 Å². The maximum Gasteiger partial charge on any atom is 0.321 e. The van der Waals surface area contributed by atoms with Crippen LogP contribution in [0.2, 0.25) is 0 Å².